The van der Waals surface area contributed by atoms with Gasteiger partial charge in [0.15, 0.2) is 0 Å². The number of hydrogen-bond acceptors (Lipinski definition) is 4. The Morgan fingerprint density at radius 3 is 2.72 bits per heavy atom. The van der Waals surface area contributed by atoms with Gasteiger partial charge in [0.05, 0.1) is 5.92 Å². The molecule has 0 radical (unpaired) electrons. The Morgan fingerprint density at radius 2 is 2.06 bits per heavy atom. The molecular formula is C14H18O4. The Bertz CT molecular complexity index is 428. The molecule has 2 bridgehead atoms. The summed E-state index contributed by atoms with van der Waals surface area (Å²) in [5.41, 5.74) is 0.393. The lowest BCUT2D eigenvalue weighted by Crippen LogP contribution is -2.50. The summed E-state index contributed by atoms with van der Waals surface area (Å²) in [6, 6.07) is 0. The van der Waals surface area contributed by atoms with Gasteiger partial charge < -0.3 is 9.47 Å². The van der Waals surface area contributed by atoms with Gasteiger partial charge in [0.1, 0.15) is 12.2 Å². The molecule has 0 aromatic heterocycles. The summed E-state index contributed by atoms with van der Waals surface area (Å²) in [7, 11) is 0. The van der Waals surface area contributed by atoms with Crippen molar-refractivity contribution >= 4 is 11.9 Å². The van der Waals surface area contributed by atoms with Gasteiger partial charge in [0, 0.05) is 17.4 Å². The quantitative estimate of drug-likeness (QED) is 0.553. The second kappa shape index (κ2) is 3.84. The molecular weight excluding hydrogens is 232 g/mol. The highest BCUT2D eigenvalue weighted by atomic mass is 16.6. The molecule has 2 aliphatic carbocycles. The number of carbonyl (C=O) groups is 2. The highest BCUT2D eigenvalue weighted by Crippen LogP contribution is 2.56. The summed E-state index contributed by atoms with van der Waals surface area (Å²) in [5.74, 6) is 0.626. The molecule has 3 fully saturated rings. The predicted molar refractivity (Wildman–Crippen MR) is 63.4 cm³/mol. The highest BCUT2D eigenvalue weighted by Gasteiger charge is 2.61. The monoisotopic (exact) mass is 250 g/mol. The average molecular weight is 250 g/mol. The molecule has 98 valence electrons. The molecule has 18 heavy (non-hydrogen) atoms. The van der Waals surface area contributed by atoms with Crippen molar-refractivity contribution in [3.05, 3.63) is 12.2 Å². The molecule has 0 N–H and O–H groups in total. The van der Waals surface area contributed by atoms with E-state index in [0.29, 0.717) is 23.3 Å². The van der Waals surface area contributed by atoms with E-state index < -0.39 is 0 Å². The molecule has 1 heterocycles. The first-order valence-electron chi connectivity index (χ1n) is 6.56. The van der Waals surface area contributed by atoms with Gasteiger partial charge in [-0.05, 0) is 25.7 Å². The van der Waals surface area contributed by atoms with Crippen LogP contribution in [0.25, 0.3) is 0 Å². The smallest absolute Gasteiger partial charge is 0.333 e. The third-order valence-corrected chi connectivity index (χ3v) is 4.77. The van der Waals surface area contributed by atoms with Crippen molar-refractivity contribution in [2.24, 2.45) is 23.7 Å². The van der Waals surface area contributed by atoms with Gasteiger partial charge in [0.2, 0.25) is 0 Å². The van der Waals surface area contributed by atoms with Crippen molar-refractivity contribution in [1.29, 1.82) is 0 Å². The lowest BCUT2D eigenvalue weighted by Gasteiger charge is -2.41. The topological polar surface area (TPSA) is 52.6 Å². The fourth-order valence-corrected chi connectivity index (χ4v) is 3.84. The van der Waals surface area contributed by atoms with E-state index in [1.807, 2.05) is 6.92 Å². The number of carbonyl (C=O) groups excluding carboxylic acids is 2. The van der Waals surface area contributed by atoms with Crippen molar-refractivity contribution in [3.63, 3.8) is 0 Å². The molecule has 2 saturated carbocycles. The molecule has 4 nitrogen and oxygen atoms in total. The highest BCUT2D eigenvalue weighted by molar-refractivity contribution is 5.87. The van der Waals surface area contributed by atoms with E-state index in [1.54, 1.807) is 6.92 Å². The van der Waals surface area contributed by atoms with E-state index in [0.717, 1.165) is 12.8 Å². The van der Waals surface area contributed by atoms with Crippen LogP contribution >= 0.6 is 0 Å². The van der Waals surface area contributed by atoms with Crippen LogP contribution in [0.5, 0.6) is 0 Å². The lowest BCUT2D eigenvalue weighted by molar-refractivity contribution is -0.190. The van der Waals surface area contributed by atoms with Crippen LogP contribution in [0.1, 0.15) is 26.7 Å². The molecule has 4 heteroatoms. The van der Waals surface area contributed by atoms with E-state index >= 15 is 0 Å². The van der Waals surface area contributed by atoms with E-state index in [4.69, 9.17) is 9.47 Å². The third-order valence-electron chi connectivity index (χ3n) is 4.77. The lowest BCUT2D eigenvalue weighted by atomic mass is 9.75. The van der Waals surface area contributed by atoms with Crippen molar-refractivity contribution in [2.45, 2.75) is 38.9 Å². The van der Waals surface area contributed by atoms with Gasteiger partial charge in [-0.2, -0.15) is 0 Å². The van der Waals surface area contributed by atoms with Gasteiger partial charge in [0.25, 0.3) is 0 Å². The van der Waals surface area contributed by atoms with Crippen LogP contribution < -0.4 is 0 Å². The fourth-order valence-electron chi connectivity index (χ4n) is 3.84. The molecule has 0 spiro atoms. The Balaban J connectivity index is 1.78. The van der Waals surface area contributed by atoms with E-state index in [2.05, 4.69) is 6.58 Å². The van der Waals surface area contributed by atoms with Crippen LogP contribution in [0.3, 0.4) is 0 Å². The Kier molecular flexibility index (Phi) is 2.50. The van der Waals surface area contributed by atoms with Gasteiger partial charge in [-0.3, -0.25) is 4.79 Å². The molecule has 6 atom stereocenters. The standard InChI is InChI=1S/C14H18O4/c1-6(2)13(15)17-11-8-4-9-7(3)14(16)18-12(11)10(9)5-8/h7-12H,1,4-5H2,2-3H3. The second-order valence-corrected chi connectivity index (χ2v) is 5.90. The Hall–Kier alpha value is -1.32. The molecule has 1 saturated heterocycles. The minimum Gasteiger partial charge on any atom is -0.458 e. The van der Waals surface area contributed by atoms with Crippen LogP contribution in [0.2, 0.25) is 0 Å². The SMILES string of the molecule is C=C(C)C(=O)OC1C2CC3C(C)C(=O)OC1C3C2. The van der Waals surface area contributed by atoms with Crippen molar-refractivity contribution in [2.75, 3.05) is 0 Å². The number of hydrogen-bond donors (Lipinski definition) is 0. The molecule has 0 amide bonds. The number of esters is 2. The van der Waals surface area contributed by atoms with Crippen molar-refractivity contribution in [1.82, 2.24) is 0 Å². The summed E-state index contributed by atoms with van der Waals surface area (Å²) >= 11 is 0. The summed E-state index contributed by atoms with van der Waals surface area (Å²) in [5, 5.41) is 0. The number of ether oxygens (including phenoxy) is 2. The fraction of sp³-hybridized carbons (Fsp3) is 0.714. The van der Waals surface area contributed by atoms with E-state index in [1.165, 1.54) is 0 Å². The minimum absolute atomic E-state index is 0.00552. The van der Waals surface area contributed by atoms with Gasteiger partial charge >= 0.3 is 11.9 Å². The number of rotatable bonds is 2. The first kappa shape index (κ1) is 11.8. The van der Waals surface area contributed by atoms with Crippen molar-refractivity contribution in [3.8, 4) is 0 Å². The van der Waals surface area contributed by atoms with Gasteiger partial charge in [-0.1, -0.05) is 13.5 Å². The van der Waals surface area contributed by atoms with Crippen LogP contribution in [-0.2, 0) is 19.1 Å². The van der Waals surface area contributed by atoms with Gasteiger partial charge in [-0.15, -0.1) is 0 Å². The molecule has 3 aliphatic rings. The first-order chi connectivity index (χ1) is 8.49. The zero-order valence-electron chi connectivity index (χ0n) is 10.7. The van der Waals surface area contributed by atoms with Gasteiger partial charge in [-0.25, -0.2) is 4.79 Å². The maximum Gasteiger partial charge on any atom is 0.333 e. The molecule has 3 rings (SSSR count). The Morgan fingerprint density at radius 1 is 1.39 bits per heavy atom. The minimum atomic E-state index is -0.376. The zero-order chi connectivity index (χ0) is 13.0. The molecule has 1 aliphatic heterocycles. The first-order valence-corrected chi connectivity index (χ1v) is 6.56. The largest absolute Gasteiger partial charge is 0.458 e. The average Bonchev–Trinajstić information content (AvgIpc) is 2.87. The van der Waals surface area contributed by atoms with Crippen molar-refractivity contribution < 1.29 is 19.1 Å². The van der Waals surface area contributed by atoms with Crippen LogP contribution in [0.4, 0.5) is 0 Å². The predicted octanol–water partition coefficient (Wildman–Crippen LogP) is 1.69. The normalized spacial score (nSPS) is 44.7. The molecule has 6 unspecified atom stereocenters. The Labute approximate surface area is 106 Å². The maximum absolute atomic E-state index is 11.8. The summed E-state index contributed by atoms with van der Waals surface area (Å²) in [6.07, 6.45) is 1.51. The second-order valence-electron chi connectivity index (χ2n) is 5.90. The third kappa shape index (κ3) is 1.51. The van der Waals surface area contributed by atoms with Crippen LogP contribution in [0.15, 0.2) is 12.2 Å². The summed E-state index contributed by atoms with van der Waals surface area (Å²) in [6.45, 7) is 7.16. The zero-order valence-corrected chi connectivity index (χ0v) is 10.7. The number of fused-ring (bicyclic) bond motifs is 1. The summed E-state index contributed by atoms with van der Waals surface area (Å²) in [4.78, 5) is 23.4. The molecule has 0 aromatic rings. The maximum atomic E-state index is 11.8. The van der Waals surface area contributed by atoms with E-state index in [9.17, 15) is 9.59 Å². The van der Waals surface area contributed by atoms with E-state index in [-0.39, 0.29) is 30.1 Å². The van der Waals surface area contributed by atoms with Crippen LogP contribution in [0, 0.1) is 23.7 Å². The molecule has 0 aromatic carbocycles. The summed E-state index contributed by atoms with van der Waals surface area (Å²) < 4.78 is 10.9. The van der Waals surface area contributed by atoms with Crippen LogP contribution in [-0.4, -0.2) is 24.1 Å².